The molecule has 4 N–H and O–H groups in total. The molecule has 0 aromatic carbocycles. The van der Waals surface area contributed by atoms with E-state index in [-0.39, 0.29) is 83.0 Å². The van der Waals surface area contributed by atoms with Gasteiger partial charge in [-0.1, -0.05) is 171 Å². The second-order valence-corrected chi connectivity index (χ2v) is 11.5. The van der Waals surface area contributed by atoms with Crippen molar-refractivity contribution in [3.05, 3.63) is 24.3 Å². The zero-order chi connectivity index (χ0) is 29.8. The quantitative estimate of drug-likeness (QED) is 0.0426. The van der Waals surface area contributed by atoms with Crippen LogP contribution in [0.15, 0.2) is 24.3 Å². The van der Waals surface area contributed by atoms with Crippen molar-refractivity contribution in [2.45, 2.75) is 223 Å². The average Bonchev–Trinajstić information content (AvgIpc) is 2.93. The molecule has 0 aromatic rings. The first-order valence-corrected chi connectivity index (χ1v) is 17.3. The van der Waals surface area contributed by atoms with Crippen LogP contribution in [0.1, 0.15) is 223 Å². The summed E-state index contributed by atoms with van der Waals surface area (Å²) >= 11 is 0. The molecule has 0 amide bonds. The maximum atomic E-state index is 10.3. The van der Waals surface area contributed by atoms with Gasteiger partial charge in [0.1, 0.15) is 0 Å². The van der Waals surface area contributed by atoms with E-state index in [0.29, 0.717) is 12.8 Å². The van der Waals surface area contributed by atoms with Gasteiger partial charge in [0.15, 0.2) is 0 Å². The van der Waals surface area contributed by atoms with Gasteiger partial charge in [-0.05, 0) is 64.2 Å². The Morgan fingerprint density at radius 3 is 0.787 bits per heavy atom. The summed E-state index contributed by atoms with van der Waals surface area (Å²) in [4.78, 5) is 20.6. The molecule has 0 bridgehead atoms. The van der Waals surface area contributed by atoms with Crippen LogP contribution in [0.2, 0.25) is 0 Å². The van der Waals surface area contributed by atoms with Crippen LogP contribution in [0, 0.1) is 0 Å². The molecule has 0 fully saturated rings. The van der Waals surface area contributed by atoms with Crippen LogP contribution in [0.25, 0.3) is 0 Å². The molecule has 0 rings (SSSR count). The Hall–Kier alpha value is -0.0226. The van der Waals surface area contributed by atoms with E-state index < -0.39 is 11.9 Å². The molecule has 0 unspecified atom stereocenters. The molecule has 5 nitrogen and oxygen atoms in total. The normalized spacial score (nSPS) is 9.57. The van der Waals surface area contributed by atoms with Crippen molar-refractivity contribution in [2.75, 3.05) is 0 Å². The SMILES string of the molecule is C.C.C.C.CCCCCCCC/C=C/CCCCCCCC(=O)O.CCCCCCCC/C=C\CCCCCCCC(=O)O.O.[Sn].[Sn]. The Labute approximate surface area is 330 Å². The first-order valence-electron chi connectivity index (χ1n) is 17.3. The van der Waals surface area contributed by atoms with Crippen LogP contribution in [0.3, 0.4) is 0 Å². The second kappa shape index (κ2) is 64.5. The third-order valence-electron chi connectivity index (χ3n) is 7.30. The van der Waals surface area contributed by atoms with Gasteiger partial charge >= 0.3 is 11.9 Å². The van der Waals surface area contributed by atoms with Crippen LogP contribution in [-0.2, 0) is 9.59 Å². The molecule has 0 aromatic heterocycles. The molecule has 0 saturated heterocycles. The zero-order valence-corrected chi connectivity index (χ0v) is 34.0. The average molecular weight is 885 g/mol. The zero-order valence-electron chi connectivity index (χ0n) is 28.3. The van der Waals surface area contributed by atoms with Crippen molar-refractivity contribution in [3.8, 4) is 0 Å². The van der Waals surface area contributed by atoms with Gasteiger partial charge in [0.2, 0.25) is 0 Å². The van der Waals surface area contributed by atoms with Gasteiger partial charge in [-0.2, -0.15) is 0 Å². The van der Waals surface area contributed by atoms with Gasteiger partial charge in [0.05, 0.1) is 0 Å². The summed E-state index contributed by atoms with van der Waals surface area (Å²) in [6, 6.07) is 0. The molecule has 0 saturated carbocycles. The number of aliphatic carboxylic acids is 2. The van der Waals surface area contributed by atoms with Gasteiger partial charge in [-0.3, -0.25) is 9.59 Å². The molecule has 7 heteroatoms. The minimum atomic E-state index is -0.664. The van der Waals surface area contributed by atoms with Crippen LogP contribution >= 0.6 is 0 Å². The predicted octanol–water partition coefficient (Wildman–Crippen LogP) is 13.2. The number of unbranched alkanes of at least 4 members (excludes halogenated alkanes) is 22. The van der Waals surface area contributed by atoms with Crippen molar-refractivity contribution < 1.29 is 25.3 Å². The third kappa shape index (κ3) is 77.0. The van der Waals surface area contributed by atoms with E-state index in [1.54, 1.807) is 0 Å². The Morgan fingerprint density at radius 1 is 0.383 bits per heavy atom. The summed E-state index contributed by atoms with van der Waals surface area (Å²) in [5, 5.41) is 17.0. The van der Waals surface area contributed by atoms with E-state index in [1.165, 1.54) is 141 Å². The monoisotopic (exact) mass is 886 g/mol. The fourth-order valence-electron chi connectivity index (χ4n) is 4.69. The van der Waals surface area contributed by atoms with E-state index in [0.717, 1.165) is 25.7 Å². The molecule has 0 aliphatic carbocycles. The van der Waals surface area contributed by atoms with Gasteiger partial charge < -0.3 is 15.7 Å². The second-order valence-electron chi connectivity index (χ2n) is 11.5. The largest absolute Gasteiger partial charge is 0.481 e. The summed E-state index contributed by atoms with van der Waals surface area (Å²) in [5.41, 5.74) is 0. The number of carboxylic acids is 2. The summed E-state index contributed by atoms with van der Waals surface area (Å²) in [5.74, 6) is -1.33. The van der Waals surface area contributed by atoms with Crippen molar-refractivity contribution in [1.29, 1.82) is 0 Å². The molecule has 0 aliphatic heterocycles. The van der Waals surface area contributed by atoms with E-state index in [1.807, 2.05) is 0 Å². The first-order chi connectivity index (χ1) is 19.5. The van der Waals surface area contributed by atoms with E-state index in [9.17, 15) is 9.59 Å². The number of rotatable bonds is 30. The van der Waals surface area contributed by atoms with Gasteiger partial charge in [0, 0.05) is 60.7 Å². The number of allylic oxidation sites excluding steroid dienone is 4. The fraction of sp³-hybridized carbons (Fsp3) is 0.850. The molecule has 0 spiro atoms. The van der Waals surface area contributed by atoms with E-state index in [4.69, 9.17) is 10.2 Å². The molecule has 0 heterocycles. The van der Waals surface area contributed by atoms with Gasteiger partial charge in [-0.15, -0.1) is 0 Å². The van der Waals surface area contributed by atoms with Crippen molar-refractivity contribution in [3.63, 3.8) is 0 Å². The summed E-state index contributed by atoms with van der Waals surface area (Å²) in [6.45, 7) is 4.52. The maximum absolute atomic E-state index is 10.3. The first kappa shape index (κ1) is 68.9. The number of hydrogen-bond donors (Lipinski definition) is 2. The number of carbonyl (C=O) groups is 2. The Balaban J connectivity index is -0.0000000764. The molecular formula is C40H86O5Sn2. The summed E-state index contributed by atoms with van der Waals surface area (Å²) in [6.07, 6.45) is 42.5. The van der Waals surface area contributed by atoms with Crippen molar-refractivity contribution >= 4 is 59.8 Å². The standard InChI is InChI=1S/2C18H34O2.4CH4.H2O.2Sn/c2*1-2-3-4-5-6-7-8-9-10-11-12-13-14-15-16-17-18(19)20;;;;;;;/h2*9-10H,2-8,11-17H2,1H3,(H,19,20);4*1H4;1H2;;/b10-9+;10-9-;;;;;;;. The minimum absolute atomic E-state index is 0. The van der Waals surface area contributed by atoms with E-state index in [2.05, 4.69) is 38.2 Å². The molecule has 284 valence electrons. The smallest absolute Gasteiger partial charge is 0.303 e. The van der Waals surface area contributed by atoms with Gasteiger partial charge in [-0.25, -0.2) is 0 Å². The Bertz CT molecular complexity index is 533. The van der Waals surface area contributed by atoms with Gasteiger partial charge in [0.25, 0.3) is 0 Å². The van der Waals surface area contributed by atoms with E-state index >= 15 is 0 Å². The minimum Gasteiger partial charge on any atom is -0.481 e. The Morgan fingerprint density at radius 2 is 0.574 bits per heavy atom. The Kier molecular flexibility index (Phi) is 94.5. The molecule has 0 aliphatic rings. The number of hydrogen-bond acceptors (Lipinski definition) is 2. The summed E-state index contributed by atoms with van der Waals surface area (Å²) in [7, 11) is 0. The van der Waals surface area contributed by atoms with Crippen LogP contribution in [0.4, 0.5) is 0 Å². The maximum Gasteiger partial charge on any atom is 0.303 e. The van der Waals surface area contributed by atoms with Crippen LogP contribution in [-0.4, -0.2) is 75.4 Å². The fourth-order valence-corrected chi connectivity index (χ4v) is 4.69. The van der Waals surface area contributed by atoms with Crippen LogP contribution in [0.5, 0.6) is 0 Å². The molecule has 0 atom stereocenters. The predicted molar refractivity (Wildman–Crippen MR) is 216 cm³/mol. The topological polar surface area (TPSA) is 106 Å². The van der Waals surface area contributed by atoms with Crippen LogP contribution < -0.4 is 0 Å². The molecule has 8 radical (unpaired) electrons. The third-order valence-corrected chi connectivity index (χ3v) is 7.30. The van der Waals surface area contributed by atoms with Crippen molar-refractivity contribution in [1.82, 2.24) is 0 Å². The molecule has 47 heavy (non-hydrogen) atoms. The van der Waals surface area contributed by atoms with Crippen molar-refractivity contribution in [2.24, 2.45) is 0 Å². The number of carboxylic acid groups (broad SMARTS) is 2. The summed E-state index contributed by atoms with van der Waals surface area (Å²) < 4.78 is 0. The molecular weight excluding hydrogens is 798 g/mol.